The predicted molar refractivity (Wildman–Crippen MR) is 104 cm³/mol. The zero-order valence-corrected chi connectivity index (χ0v) is 15.2. The number of phenolic OH excluding ortho intramolecular Hbond substituents is 1. The van der Waals surface area contributed by atoms with Crippen LogP contribution < -0.4 is 24.8 Å². The van der Waals surface area contributed by atoms with Gasteiger partial charge >= 0.3 is 6.03 Å². The van der Waals surface area contributed by atoms with Crippen LogP contribution in [0.2, 0.25) is 0 Å². The van der Waals surface area contributed by atoms with Crippen molar-refractivity contribution in [3.63, 3.8) is 0 Å². The van der Waals surface area contributed by atoms with Crippen molar-refractivity contribution < 1.29 is 24.1 Å². The summed E-state index contributed by atoms with van der Waals surface area (Å²) in [6.07, 6.45) is 0. The third-order valence-electron chi connectivity index (χ3n) is 4.07. The average Bonchev–Trinajstić information content (AvgIpc) is 2.69. The molecular weight excluding hydrogens is 348 g/mol. The Labute approximate surface area is 156 Å². The summed E-state index contributed by atoms with van der Waals surface area (Å²) in [5, 5.41) is 16.9. The maximum Gasteiger partial charge on any atom is 0.323 e. The molecule has 0 saturated heterocycles. The minimum absolute atomic E-state index is 0.154. The number of carbonyl (C=O) groups excluding carboxylic acids is 1. The Balaban J connectivity index is 1.86. The van der Waals surface area contributed by atoms with Crippen LogP contribution in [0.25, 0.3) is 10.8 Å². The summed E-state index contributed by atoms with van der Waals surface area (Å²) in [6, 6.07) is 13.3. The molecule has 7 heteroatoms. The van der Waals surface area contributed by atoms with Crippen molar-refractivity contribution in [2.45, 2.75) is 0 Å². The molecular formula is C20H20N2O5. The Kier molecular flexibility index (Phi) is 5.21. The number of anilines is 2. The fourth-order valence-electron chi connectivity index (χ4n) is 2.83. The van der Waals surface area contributed by atoms with E-state index in [1.807, 2.05) is 18.2 Å². The molecule has 0 spiro atoms. The van der Waals surface area contributed by atoms with Crippen molar-refractivity contribution in [2.75, 3.05) is 32.0 Å². The molecule has 3 aromatic carbocycles. The summed E-state index contributed by atoms with van der Waals surface area (Å²) in [5.41, 5.74) is 1.05. The number of amides is 2. The van der Waals surface area contributed by atoms with Crippen LogP contribution in [-0.2, 0) is 0 Å². The number of carbonyl (C=O) groups is 1. The summed E-state index contributed by atoms with van der Waals surface area (Å²) < 4.78 is 15.8. The van der Waals surface area contributed by atoms with Gasteiger partial charge < -0.3 is 30.0 Å². The molecule has 0 aliphatic carbocycles. The number of aromatic hydroxyl groups is 1. The third kappa shape index (κ3) is 3.67. The number of phenols is 1. The standard InChI is InChI=1S/C20H20N2O5/c1-25-17-10-12(11-18(26-2)19(17)27-3)21-20(24)22-15-8-9-16(23)14-7-5-4-6-13(14)15/h4-11,23H,1-3H3,(H2,21,22,24). The van der Waals surface area contributed by atoms with Crippen LogP contribution in [0.5, 0.6) is 23.0 Å². The molecule has 0 aromatic heterocycles. The quantitative estimate of drug-likeness (QED) is 0.587. The van der Waals surface area contributed by atoms with Gasteiger partial charge in [0.2, 0.25) is 5.75 Å². The van der Waals surface area contributed by atoms with Gasteiger partial charge in [-0.05, 0) is 12.1 Å². The molecule has 0 saturated carbocycles. The van der Waals surface area contributed by atoms with Crippen LogP contribution in [0, 0.1) is 0 Å². The minimum Gasteiger partial charge on any atom is -0.507 e. The van der Waals surface area contributed by atoms with E-state index >= 15 is 0 Å². The summed E-state index contributed by atoms with van der Waals surface area (Å²) in [5.74, 6) is 1.46. The number of fused-ring (bicyclic) bond motifs is 1. The van der Waals surface area contributed by atoms with Crippen LogP contribution in [0.4, 0.5) is 16.2 Å². The Hall–Kier alpha value is -3.61. The highest BCUT2D eigenvalue weighted by Crippen LogP contribution is 2.40. The molecule has 3 rings (SSSR count). The fraction of sp³-hybridized carbons (Fsp3) is 0.150. The van der Waals surface area contributed by atoms with E-state index in [0.717, 1.165) is 5.39 Å². The molecule has 140 valence electrons. The molecule has 0 aliphatic heterocycles. The molecule has 0 bridgehead atoms. The van der Waals surface area contributed by atoms with Crippen LogP contribution in [-0.4, -0.2) is 32.5 Å². The average molecular weight is 368 g/mol. The largest absolute Gasteiger partial charge is 0.507 e. The second-order valence-corrected chi connectivity index (χ2v) is 5.67. The van der Waals surface area contributed by atoms with Crippen LogP contribution in [0.3, 0.4) is 0 Å². The van der Waals surface area contributed by atoms with Gasteiger partial charge in [-0.3, -0.25) is 0 Å². The van der Waals surface area contributed by atoms with Gasteiger partial charge in [-0.15, -0.1) is 0 Å². The van der Waals surface area contributed by atoms with Gasteiger partial charge in [0.1, 0.15) is 5.75 Å². The molecule has 0 atom stereocenters. The summed E-state index contributed by atoms with van der Waals surface area (Å²) in [4.78, 5) is 12.5. The normalized spacial score (nSPS) is 10.3. The molecule has 7 nitrogen and oxygen atoms in total. The first-order chi connectivity index (χ1) is 13.1. The van der Waals surface area contributed by atoms with E-state index in [9.17, 15) is 9.90 Å². The summed E-state index contributed by atoms with van der Waals surface area (Å²) in [6.45, 7) is 0. The van der Waals surface area contributed by atoms with Gasteiger partial charge in [0.15, 0.2) is 11.5 Å². The summed E-state index contributed by atoms with van der Waals surface area (Å²) in [7, 11) is 4.52. The van der Waals surface area contributed by atoms with Crippen molar-refractivity contribution in [3.05, 3.63) is 48.5 Å². The molecule has 0 aliphatic rings. The predicted octanol–water partition coefficient (Wildman–Crippen LogP) is 4.22. The number of nitrogens with one attached hydrogen (secondary N) is 2. The lowest BCUT2D eigenvalue weighted by molar-refractivity contribution is 0.262. The first-order valence-corrected chi connectivity index (χ1v) is 8.16. The van der Waals surface area contributed by atoms with Crippen LogP contribution in [0.1, 0.15) is 0 Å². The van der Waals surface area contributed by atoms with Crippen molar-refractivity contribution >= 4 is 28.2 Å². The number of ether oxygens (including phenoxy) is 3. The maximum absolute atomic E-state index is 12.5. The van der Waals surface area contributed by atoms with E-state index in [1.165, 1.54) is 27.4 Å². The topological polar surface area (TPSA) is 89.1 Å². The van der Waals surface area contributed by atoms with E-state index in [-0.39, 0.29) is 5.75 Å². The molecule has 0 radical (unpaired) electrons. The van der Waals surface area contributed by atoms with E-state index in [1.54, 1.807) is 24.3 Å². The van der Waals surface area contributed by atoms with Crippen molar-refractivity contribution in [2.24, 2.45) is 0 Å². The second-order valence-electron chi connectivity index (χ2n) is 5.67. The molecule has 3 aromatic rings. The minimum atomic E-state index is -0.444. The third-order valence-corrected chi connectivity index (χ3v) is 4.07. The molecule has 27 heavy (non-hydrogen) atoms. The van der Waals surface area contributed by atoms with Crippen LogP contribution >= 0.6 is 0 Å². The Morgan fingerprint density at radius 2 is 1.48 bits per heavy atom. The first-order valence-electron chi connectivity index (χ1n) is 8.16. The van der Waals surface area contributed by atoms with Crippen molar-refractivity contribution in [1.82, 2.24) is 0 Å². The molecule has 2 amide bonds. The number of rotatable bonds is 5. The molecule has 0 heterocycles. The van der Waals surface area contributed by atoms with Gasteiger partial charge in [0, 0.05) is 22.9 Å². The van der Waals surface area contributed by atoms with E-state index < -0.39 is 6.03 Å². The van der Waals surface area contributed by atoms with E-state index in [2.05, 4.69) is 10.6 Å². The first kappa shape index (κ1) is 18.2. The van der Waals surface area contributed by atoms with Crippen LogP contribution in [0.15, 0.2) is 48.5 Å². The highest BCUT2D eigenvalue weighted by Gasteiger charge is 2.15. The monoisotopic (exact) mass is 368 g/mol. The lowest BCUT2D eigenvalue weighted by Crippen LogP contribution is -2.19. The number of benzene rings is 3. The molecule has 0 unspecified atom stereocenters. The molecule has 3 N–H and O–H groups in total. The Morgan fingerprint density at radius 1 is 0.852 bits per heavy atom. The van der Waals surface area contributed by atoms with Crippen molar-refractivity contribution in [1.29, 1.82) is 0 Å². The molecule has 0 fully saturated rings. The van der Waals surface area contributed by atoms with Gasteiger partial charge in [-0.25, -0.2) is 4.79 Å². The van der Waals surface area contributed by atoms with E-state index in [4.69, 9.17) is 14.2 Å². The zero-order chi connectivity index (χ0) is 19.4. The second kappa shape index (κ2) is 7.74. The van der Waals surface area contributed by atoms with Gasteiger partial charge in [-0.2, -0.15) is 0 Å². The number of hydrogen-bond acceptors (Lipinski definition) is 5. The van der Waals surface area contributed by atoms with Crippen molar-refractivity contribution in [3.8, 4) is 23.0 Å². The zero-order valence-electron chi connectivity index (χ0n) is 15.2. The van der Waals surface area contributed by atoms with Gasteiger partial charge in [0.05, 0.1) is 32.7 Å². The SMILES string of the molecule is COc1cc(NC(=O)Nc2ccc(O)c3ccccc23)cc(OC)c1OC. The smallest absolute Gasteiger partial charge is 0.323 e. The number of methoxy groups -OCH3 is 3. The summed E-state index contributed by atoms with van der Waals surface area (Å²) >= 11 is 0. The number of hydrogen-bond donors (Lipinski definition) is 3. The van der Waals surface area contributed by atoms with E-state index in [0.29, 0.717) is 34.0 Å². The lowest BCUT2D eigenvalue weighted by atomic mass is 10.1. The number of urea groups is 1. The highest BCUT2D eigenvalue weighted by atomic mass is 16.5. The van der Waals surface area contributed by atoms with Gasteiger partial charge in [0.25, 0.3) is 0 Å². The lowest BCUT2D eigenvalue weighted by Gasteiger charge is -2.15. The Morgan fingerprint density at radius 3 is 2.07 bits per heavy atom. The van der Waals surface area contributed by atoms with Gasteiger partial charge in [-0.1, -0.05) is 24.3 Å². The maximum atomic E-state index is 12.5. The Bertz CT molecular complexity index is 962. The highest BCUT2D eigenvalue weighted by molar-refractivity contribution is 6.07. The fourth-order valence-corrected chi connectivity index (χ4v) is 2.83.